The van der Waals surface area contributed by atoms with E-state index >= 15 is 0 Å². The molecule has 0 atom stereocenters. The van der Waals surface area contributed by atoms with Crippen molar-refractivity contribution >= 4 is 5.78 Å². The van der Waals surface area contributed by atoms with Crippen molar-refractivity contribution in [2.75, 3.05) is 0 Å². The van der Waals surface area contributed by atoms with E-state index in [1.54, 1.807) is 0 Å². The molecular formula is C20H18O. The van der Waals surface area contributed by atoms with Gasteiger partial charge in [0.1, 0.15) is 0 Å². The van der Waals surface area contributed by atoms with Crippen LogP contribution < -0.4 is 0 Å². The molecule has 0 heterocycles. The summed E-state index contributed by atoms with van der Waals surface area (Å²) in [5.41, 5.74) is 8.62. The number of carbonyl (C=O) groups excluding carboxylic acids is 1. The van der Waals surface area contributed by atoms with Gasteiger partial charge >= 0.3 is 0 Å². The molecule has 21 heavy (non-hydrogen) atoms. The van der Waals surface area contributed by atoms with E-state index in [1.807, 2.05) is 0 Å². The van der Waals surface area contributed by atoms with E-state index in [1.165, 1.54) is 40.7 Å². The van der Waals surface area contributed by atoms with E-state index in [2.05, 4.69) is 36.4 Å². The van der Waals surface area contributed by atoms with Crippen LogP contribution in [0.25, 0.3) is 0 Å². The maximum absolute atomic E-state index is 12.2. The predicted octanol–water partition coefficient (Wildman–Crippen LogP) is 3.70. The number of hydrogen-bond acceptors (Lipinski definition) is 1. The van der Waals surface area contributed by atoms with E-state index < -0.39 is 0 Å². The standard InChI is InChI=1S/C20H18O/c21-18-8-7-13-5-6-16-11-20(12-17(16)19(13)18)9-14-3-1-2-4-15(14)10-20/h1-6H,7-12H2. The fourth-order valence-electron chi connectivity index (χ4n) is 4.90. The number of Topliss-reactive ketones (excluding diaryl/α,β-unsaturated/α-hetero) is 1. The summed E-state index contributed by atoms with van der Waals surface area (Å²) >= 11 is 0. The van der Waals surface area contributed by atoms with E-state index in [0.29, 0.717) is 11.2 Å². The normalized spacial score (nSPS) is 20.7. The highest BCUT2D eigenvalue weighted by atomic mass is 16.1. The number of hydrogen-bond donors (Lipinski definition) is 0. The molecule has 3 aliphatic carbocycles. The van der Waals surface area contributed by atoms with Gasteiger partial charge < -0.3 is 0 Å². The Bertz CT molecular complexity index is 759. The Morgan fingerprint density at radius 3 is 2.14 bits per heavy atom. The minimum atomic E-state index is 0.351. The zero-order chi connectivity index (χ0) is 14.0. The van der Waals surface area contributed by atoms with Crippen LogP contribution in [-0.2, 0) is 32.1 Å². The number of ketones is 1. The van der Waals surface area contributed by atoms with Gasteiger partial charge in [-0.3, -0.25) is 4.79 Å². The van der Waals surface area contributed by atoms with Crippen LogP contribution >= 0.6 is 0 Å². The van der Waals surface area contributed by atoms with E-state index in [9.17, 15) is 4.79 Å². The molecule has 0 saturated heterocycles. The van der Waals surface area contributed by atoms with Crippen molar-refractivity contribution in [1.82, 2.24) is 0 Å². The molecule has 3 aliphatic rings. The summed E-state index contributed by atoms with van der Waals surface area (Å²) in [7, 11) is 0. The second-order valence-electron chi connectivity index (χ2n) is 7.14. The van der Waals surface area contributed by atoms with Crippen LogP contribution in [0.4, 0.5) is 0 Å². The molecule has 1 heteroatoms. The van der Waals surface area contributed by atoms with Gasteiger partial charge in [0.05, 0.1) is 0 Å². The van der Waals surface area contributed by atoms with Crippen molar-refractivity contribution in [2.45, 2.75) is 38.5 Å². The molecule has 5 rings (SSSR count). The smallest absolute Gasteiger partial charge is 0.163 e. The van der Waals surface area contributed by atoms with E-state index in [-0.39, 0.29) is 0 Å². The van der Waals surface area contributed by atoms with Crippen LogP contribution in [0.15, 0.2) is 36.4 Å². The average molecular weight is 274 g/mol. The van der Waals surface area contributed by atoms with Gasteiger partial charge in [0.25, 0.3) is 0 Å². The van der Waals surface area contributed by atoms with Crippen molar-refractivity contribution in [3.63, 3.8) is 0 Å². The topological polar surface area (TPSA) is 17.1 Å². The number of benzene rings is 2. The Morgan fingerprint density at radius 2 is 1.38 bits per heavy atom. The highest BCUT2D eigenvalue weighted by Gasteiger charge is 2.44. The van der Waals surface area contributed by atoms with Gasteiger partial charge in [0, 0.05) is 12.0 Å². The number of carbonyl (C=O) groups is 1. The van der Waals surface area contributed by atoms with Gasteiger partial charge in [0.15, 0.2) is 5.78 Å². The first kappa shape index (κ1) is 11.7. The first-order valence-corrected chi connectivity index (χ1v) is 7.98. The maximum Gasteiger partial charge on any atom is 0.163 e. The van der Waals surface area contributed by atoms with Crippen LogP contribution in [-0.4, -0.2) is 5.78 Å². The third-order valence-corrected chi connectivity index (χ3v) is 5.76. The van der Waals surface area contributed by atoms with Crippen molar-refractivity contribution in [1.29, 1.82) is 0 Å². The monoisotopic (exact) mass is 274 g/mol. The van der Waals surface area contributed by atoms with Gasteiger partial charge in [-0.25, -0.2) is 0 Å². The lowest BCUT2D eigenvalue weighted by molar-refractivity contribution is 0.0993. The highest BCUT2D eigenvalue weighted by molar-refractivity contribution is 6.02. The molecule has 2 aromatic carbocycles. The van der Waals surface area contributed by atoms with Crippen LogP contribution in [0.1, 0.15) is 44.6 Å². The molecule has 2 aromatic rings. The number of fused-ring (bicyclic) bond motifs is 4. The first-order valence-electron chi connectivity index (χ1n) is 7.98. The molecule has 0 N–H and O–H groups in total. The first-order chi connectivity index (χ1) is 10.2. The Labute approximate surface area is 125 Å². The van der Waals surface area contributed by atoms with E-state index in [4.69, 9.17) is 0 Å². The SMILES string of the molecule is O=C1CCc2ccc3c(c21)CC1(Cc2ccccc2C1)C3. The summed E-state index contributed by atoms with van der Waals surface area (Å²) in [6.07, 6.45) is 6.29. The Kier molecular flexibility index (Phi) is 2.15. The highest BCUT2D eigenvalue weighted by Crippen LogP contribution is 2.49. The van der Waals surface area contributed by atoms with Gasteiger partial charge in [-0.05, 0) is 65.3 Å². The molecule has 0 aliphatic heterocycles. The second kappa shape index (κ2) is 3.85. The molecule has 104 valence electrons. The van der Waals surface area contributed by atoms with Crippen LogP contribution in [0.3, 0.4) is 0 Å². The van der Waals surface area contributed by atoms with Gasteiger partial charge in [-0.1, -0.05) is 36.4 Å². The Hall–Kier alpha value is -1.89. The molecule has 0 saturated carbocycles. The Morgan fingerprint density at radius 1 is 0.714 bits per heavy atom. The van der Waals surface area contributed by atoms with Crippen molar-refractivity contribution in [3.8, 4) is 0 Å². The van der Waals surface area contributed by atoms with Crippen LogP contribution in [0.2, 0.25) is 0 Å². The molecular weight excluding hydrogens is 256 g/mol. The fourth-order valence-corrected chi connectivity index (χ4v) is 4.90. The molecule has 1 spiro atoms. The van der Waals surface area contributed by atoms with Crippen LogP contribution in [0.5, 0.6) is 0 Å². The Balaban J connectivity index is 1.58. The lowest BCUT2D eigenvalue weighted by Gasteiger charge is -2.22. The molecule has 0 fully saturated rings. The third-order valence-electron chi connectivity index (χ3n) is 5.76. The third kappa shape index (κ3) is 1.55. The van der Waals surface area contributed by atoms with E-state index in [0.717, 1.165) is 31.2 Å². The molecule has 0 amide bonds. The van der Waals surface area contributed by atoms with Gasteiger partial charge in [-0.2, -0.15) is 0 Å². The summed E-state index contributed by atoms with van der Waals surface area (Å²) in [5, 5.41) is 0. The minimum Gasteiger partial charge on any atom is -0.294 e. The minimum absolute atomic E-state index is 0.351. The molecule has 0 unspecified atom stereocenters. The summed E-state index contributed by atoms with van der Waals surface area (Å²) in [4.78, 5) is 12.2. The average Bonchev–Trinajstić information content (AvgIpc) is 3.13. The van der Waals surface area contributed by atoms with Crippen molar-refractivity contribution < 1.29 is 4.79 Å². The molecule has 0 aromatic heterocycles. The zero-order valence-electron chi connectivity index (χ0n) is 12.1. The second-order valence-corrected chi connectivity index (χ2v) is 7.14. The predicted molar refractivity (Wildman–Crippen MR) is 82.8 cm³/mol. The lowest BCUT2D eigenvalue weighted by atomic mass is 9.81. The molecule has 0 radical (unpaired) electrons. The van der Waals surface area contributed by atoms with Gasteiger partial charge in [0.2, 0.25) is 0 Å². The largest absolute Gasteiger partial charge is 0.294 e. The zero-order valence-corrected chi connectivity index (χ0v) is 12.1. The number of aryl methyl sites for hydroxylation is 1. The lowest BCUT2D eigenvalue weighted by Crippen LogP contribution is -2.21. The summed E-state index contributed by atoms with van der Waals surface area (Å²) in [5.74, 6) is 0.384. The summed E-state index contributed by atoms with van der Waals surface area (Å²) in [6, 6.07) is 13.4. The maximum atomic E-state index is 12.2. The number of rotatable bonds is 0. The van der Waals surface area contributed by atoms with Gasteiger partial charge in [-0.15, -0.1) is 0 Å². The van der Waals surface area contributed by atoms with Crippen molar-refractivity contribution in [2.24, 2.45) is 5.41 Å². The fraction of sp³-hybridized carbons (Fsp3) is 0.350. The summed E-state index contributed by atoms with van der Waals surface area (Å²) < 4.78 is 0. The van der Waals surface area contributed by atoms with Crippen LogP contribution in [0, 0.1) is 5.41 Å². The molecule has 1 nitrogen and oxygen atoms in total. The molecule has 0 bridgehead atoms. The van der Waals surface area contributed by atoms with Crippen molar-refractivity contribution in [3.05, 3.63) is 69.8 Å². The quantitative estimate of drug-likeness (QED) is 0.716. The summed E-state index contributed by atoms with van der Waals surface area (Å²) in [6.45, 7) is 0.